The Morgan fingerprint density at radius 3 is 2.00 bits per heavy atom. The molecule has 0 saturated heterocycles. The molecule has 0 heterocycles. The van der Waals surface area contributed by atoms with Crippen molar-refractivity contribution in [3.63, 3.8) is 0 Å². The topological polar surface area (TPSA) is 47.6 Å². The SMILES string of the molecule is N#CC12C=CC=CC3=C1[C@@H](c1ccccc1)C[C@H](c1ccccc1)C3(C#N)c1ccccc12. The average Bonchev–Trinajstić information content (AvgIpc) is 3.06. The molecule has 0 amide bonds. The van der Waals surface area contributed by atoms with Gasteiger partial charge in [0, 0.05) is 11.8 Å². The van der Waals surface area contributed by atoms with Gasteiger partial charge in [-0.1, -0.05) is 109 Å². The minimum absolute atomic E-state index is 0.0340. The van der Waals surface area contributed by atoms with Gasteiger partial charge in [0.15, 0.2) is 0 Å². The maximum Gasteiger partial charge on any atom is 0.123 e. The van der Waals surface area contributed by atoms with E-state index < -0.39 is 10.8 Å². The Labute approximate surface area is 194 Å². The van der Waals surface area contributed by atoms with E-state index in [1.807, 2.05) is 48.6 Å². The Hall–Kier alpha value is -4.14. The van der Waals surface area contributed by atoms with E-state index in [2.05, 4.69) is 72.8 Å². The molecule has 3 aliphatic rings. The molecule has 3 aromatic carbocycles. The van der Waals surface area contributed by atoms with Crippen molar-refractivity contribution in [1.29, 1.82) is 10.5 Å². The number of nitrogens with zero attached hydrogens (tertiary/aromatic N) is 2. The number of benzene rings is 3. The summed E-state index contributed by atoms with van der Waals surface area (Å²) in [4.78, 5) is 0. The maximum atomic E-state index is 11.0. The fourth-order valence-corrected chi connectivity index (χ4v) is 6.42. The van der Waals surface area contributed by atoms with E-state index in [1.54, 1.807) is 0 Å². The summed E-state index contributed by atoms with van der Waals surface area (Å²) >= 11 is 0. The molecule has 33 heavy (non-hydrogen) atoms. The molecule has 0 saturated carbocycles. The third-order valence-corrected chi connectivity index (χ3v) is 7.74. The first-order valence-electron chi connectivity index (χ1n) is 11.4. The van der Waals surface area contributed by atoms with Crippen LogP contribution in [0.4, 0.5) is 0 Å². The van der Waals surface area contributed by atoms with E-state index >= 15 is 0 Å². The van der Waals surface area contributed by atoms with Crippen molar-refractivity contribution in [2.24, 2.45) is 0 Å². The van der Waals surface area contributed by atoms with Crippen LogP contribution in [-0.4, -0.2) is 0 Å². The molecular formula is C31H22N2. The van der Waals surface area contributed by atoms with Gasteiger partial charge in [0.2, 0.25) is 0 Å². The predicted molar refractivity (Wildman–Crippen MR) is 129 cm³/mol. The van der Waals surface area contributed by atoms with Crippen molar-refractivity contribution in [1.82, 2.24) is 0 Å². The van der Waals surface area contributed by atoms with Crippen LogP contribution in [0.5, 0.6) is 0 Å². The van der Waals surface area contributed by atoms with Gasteiger partial charge in [-0.2, -0.15) is 10.5 Å². The van der Waals surface area contributed by atoms with Gasteiger partial charge in [-0.05, 0) is 39.8 Å². The lowest BCUT2D eigenvalue weighted by Gasteiger charge is -2.53. The minimum atomic E-state index is -0.891. The molecule has 0 spiro atoms. The number of nitriles is 2. The first-order chi connectivity index (χ1) is 16.3. The Bertz CT molecular complexity index is 1410. The standard InChI is InChI=1S/C31H22N2/c32-20-30-18-10-9-17-27-29(30)24(22-11-3-1-4-12-22)19-28(23-13-5-2-6-14-23)31(27,21-33)26-16-8-7-15-25(26)30/h1-18,24,28H,19H2/t24-,28-,30?,31?/m1/s1. The van der Waals surface area contributed by atoms with Gasteiger partial charge in [0.1, 0.15) is 10.8 Å². The van der Waals surface area contributed by atoms with Crippen LogP contribution < -0.4 is 0 Å². The van der Waals surface area contributed by atoms with Gasteiger partial charge in [0.05, 0.1) is 12.1 Å². The van der Waals surface area contributed by atoms with Gasteiger partial charge in [-0.15, -0.1) is 0 Å². The van der Waals surface area contributed by atoms with Crippen LogP contribution in [0.2, 0.25) is 0 Å². The first-order valence-corrected chi connectivity index (χ1v) is 11.4. The lowest BCUT2D eigenvalue weighted by Crippen LogP contribution is -2.49. The molecule has 156 valence electrons. The molecule has 4 atom stereocenters. The molecule has 2 heteroatoms. The highest BCUT2D eigenvalue weighted by atomic mass is 14.6. The van der Waals surface area contributed by atoms with Gasteiger partial charge in [-0.3, -0.25) is 0 Å². The summed E-state index contributed by atoms with van der Waals surface area (Å²) in [5.41, 5.74) is 4.58. The molecule has 4 bridgehead atoms. The van der Waals surface area contributed by atoms with Gasteiger partial charge in [0.25, 0.3) is 0 Å². The smallest absolute Gasteiger partial charge is 0.123 e. The first kappa shape index (κ1) is 19.5. The molecule has 0 aliphatic heterocycles. The van der Waals surface area contributed by atoms with Crippen molar-refractivity contribution in [2.75, 3.05) is 0 Å². The number of fused-ring (bicyclic) bond motifs is 3. The highest BCUT2D eigenvalue weighted by molar-refractivity contribution is 5.73. The molecule has 0 radical (unpaired) electrons. The maximum absolute atomic E-state index is 11.0. The molecule has 2 unspecified atom stereocenters. The lowest BCUT2D eigenvalue weighted by atomic mass is 9.46. The highest BCUT2D eigenvalue weighted by Gasteiger charge is 2.60. The lowest BCUT2D eigenvalue weighted by molar-refractivity contribution is 0.378. The summed E-state index contributed by atoms with van der Waals surface area (Å²) in [5, 5.41) is 21.7. The van der Waals surface area contributed by atoms with Crippen molar-refractivity contribution in [2.45, 2.75) is 29.1 Å². The monoisotopic (exact) mass is 422 g/mol. The number of rotatable bonds is 2. The molecular weight excluding hydrogens is 400 g/mol. The largest absolute Gasteiger partial charge is 0.197 e. The number of allylic oxidation sites excluding steroid dienone is 6. The molecule has 3 aromatic rings. The number of hydrogen-bond acceptors (Lipinski definition) is 2. The Kier molecular flexibility index (Phi) is 4.26. The normalized spacial score (nSPS) is 28.9. The van der Waals surface area contributed by atoms with Crippen LogP contribution in [-0.2, 0) is 10.8 Å². The second kappa shape index (κ2) is 7.19. The zero-order chi connectivity index (χ0) is 22.5. The quantitative estimate of drug-likeness (QED) is 0.466. The van der Waals surface area contributed by atoms with Crippen molar-refractivity contribution < 1.29 is 0 Å². The van der Waals surface area contributed by atoms with Gasteiger partial charge >= 0.3 is 0 Å². The van der Waals surface area contributed by atoms with Crippen LogP contribution >= 0.6 is 0 Å². The van der Waals surface area contributed by atoms with Crippen LogP contribution in [0.15, 0.2) is 120 Å². The van der Waals surface area contributed by atoms with E-state index in [1.165, 1.54) is 5.56 Å². The summed E-state index contributed by atoms with van der Waals surface area (Å²) in [6, 6.07) is 34.5. The molecule has 3 aliphatic carbocycles. The van der Waals surface area contributed by atoms with E-state index in [-0.39, 0.29) is 11.8 Å². The Morgan fingerprint density at radius 1 is 0.697 bits per heavy atom. The second-order valence-corrected chi connectivity index (χ2v) is 9.09. The van der Waals surface area contributed by atoms with E-state index in [0.29, 0.717) is 0 Å². The molecule has 0 fully saturated rings. The average molecular weight is 423 g/mol. The van der Waals surface area contributed by atoms with Gasteiger partial charge < -0.3 is 0 Å². The third kappa shape index (κ3) is 2.47. The molecule has 2 nitrogen and oxygen atoms in total. The zero-order valence-corrected chi connectivity index (χ0v) is 18.1. The van der Waals surface area contributed by atoms with E-state index in [4.69, 9.17) is 0 Å². The van der Waals surface area contributed by atoms with Crippen LogP contribution in [0, 0.1) is 22.7 Å². The van der Waals surface area contributed by atoms with Crippen molar-refractivity contribution in [3.8, 4) is 12.1 Å². The fraction of sp³-hybridized carbons (Fsp3) is 0.161. The minimum Gasteiger partial charge on any atom is -0.197 e. The molecule has 0 N–H and O–H groups in total. The second-order valence-electron chi connectivity index (χ2n) is 9.09. The van der Waals surface area contributed by atoms with Crippen LogP contribution in [0.25, 0.3) is 0 Å². The van der Waals surface area contributed by atoms with Gasteiger partial charge in [-0.25, -0.2) is 0 Å². The summed E-state index contributed by atoms with van der Waals surface area (Å²) in [7, 11) is 0. The number of hydrogen-bond donors (Lipinski definition) is 0. The van der Waals surface area contributed by atoms with E-state index in [9.17, 15) is 10.5 Å². The zero-order valence-electron chi connectivity index (χ0n) is 18.1. The Morgan fingerprint density at radius 2 is 1.33 bits per heavy atom. The summed E-state index contributed by atoms with van der Waals surface area (Å²) in [6.45, 7) is 0. The third-order valence-electron chi connectivity index (χ3n) is 7.74. The summed E-state index contributed by atoms with van der Waals surface area (Å²) in [5.74, 6) is 0.00142. The fourth-order valence-electron chi connectivity index (χ4n) is 6.42. The van der Waals surface area contributed by atoms with Crippen molar-refractivity contribution in [3.05, 3.63) is 143 Å². The summed E-state index contributed by atoms with van der Waals surface area (Å²) < 4.78 is 0. The van der Waals surface area contributed by atoms with Crippen molar-refractivity contribution >= 4 is 0 Å². The van der Waals surface area contributed by atoms with Crippen LogP contribution in [0.1, 0.15) is 40.5 Å². The molecule has 0 aromatic heterocycles. The van der Waals surface area contributed by atoms with Crippen LogP contribution in [0.3, 0.4) is 0 Å². The summed E-state index contributed by atoms with van der Waals surface area (Å²) in [6.07, 6.45) is 8.88. The highest BCUT2D eigenvalue weighted by Crippen LogP contribution is 2.65. The Balaban J connectivity index is 1.78. The van der Waals surface area contributed by atoms with E-state index in [0.717, 1.165) is 34.3 Å². The predicted octanol–water partition coefficient (Wildman–Crippen LogP) is 6.62. The molecule has 6 rings (SSSR count).